The summed E-state index contributed by atoms with van der Waals surface area (Å²) in [4.78, 5) is 35.7. The van der Waals surface area contributed by atoms with E-state index in [1.165, 1.54) is 6.92 Å². The van der Waals surface area contributed by atoms with Gasteiger partial charge in [-0.3, -0.25) is 9.59 Å². The van der Waals surface area contributed by atoms with Gasteiger partial charge in [0.25, 0.3) is 0 Å². The predicted octanol–water partition coefficient (Wildman–Crippen LogP) is 1.92. The van der Waals surface area contributed by atoms with Crippen molar-refractivity contribution in [2.75, 3.05) is 19.2 Å². The van der Waals surface area contributed by atoms with Crippen LogP contribution in [-0.2, 0) is 25.5 Å². The monoisotopic (exact) mass is 381 g/mol. The molecule has 1 aliphatic rings. The van der Waals surface area contributed by atoms with Gasteiger partial charge < -0.3 is 19.5 Å². The predicted molar refractivity (Wildman–Crippen MR) is 97.1 cm³/mol. The molecular weight excluding hydrogens is 358 g/mol. The fourth-order valence-electron chi connectivity index (χ4n) is 2.46. The van der Waals surface area contributed by atoms with Crippen LogP contribution in [-0.4, -0.2) is 42.2 Å². The molecular formula is C18H23NO6S. The summed E-state index contributed by atoms with van der Waals surface area (Å²) in [6, 6.07) is 4.74. The summed E-state index contributed by atoms with van der Waals surface area (Å²) >= 11 is 1.09. The maximum atomic E-state index is 12.6. The molecule has 1 amide bonds. The lowest BCUT2D eigenvalue weighted by Crippen LogP contribution is -2.43. The van der Waals surface area contributed by atoms with Crippen LogP contribution in [0.2, 0.25) is 0 Å². The lowest BCUT2D eigenvalue weighted by molar-refractivity contribution is -0.147. The Kier molecular flexibility index (Phi) is 7.32. The summed E-state index contributed by atoms with van der Waals surface area (Å²) in [6.07, 6.45) is 0.415. The van der Waals surface area contributed by atoms with Gasteiger partial charge in [-0.2, -0.15) is 0 Å². The molecule has 0 unspecified atom stereocenters. The van der Waals surface area contributed by atoms with E-state index in [0.717, 1.165) is 17.3 Å². The molecule has 0 spiro atoms. The number of carbonyl (C=O) groups is 3. The molecule has 1 aliphatic heterocycles. The van der Waals surface area contributed by atoms with Gasteiger partial charge in [0, 0.05) is 12.7 Å². The highest BCUT2D eigenvalue weighted by molar-refractivity contribution is 8.13. The summed E-state index contributed by atoms with van der Waals surface area (Å²) in [7, 11) is 0. The number of esters is 1. The van der Waals surface area contributed by atoms with E-state index in [1.54, 1.807) is 19.9 Å². The first-order valence-electron chi connectivity index (χ1n) is 8.39. The number of hydrogen-bond acceptors (Lipinski definition) is 7. The Morgan fingerprint density at radius 3 is 2.69 bits per heavy atom. The van der Waals surface area contributed by atoms with Gasteiger partial charge >= 0.3 is 5.97 Å². The Labute approximate surface area is 156 Å². The first kappa shape index (κ1) is 20.1. The van der Waals surface area contributed by atoms with Gasteiger partial charge in [0.1, 0.15) is 6.04 Å². The average molecular weight is 381 g/mol. The zero-order valence-electron chi connectivity index (χ0n) is 15.1. The van der Waals surface area contributed by atoms with Crippen LogP contribution >= 0.6 is 11.8 Å². The molecule has 0 fully saturated rings. The Morgan fingerprint density at radius 1 is 1.27 bits per heavy atom. The minimum Gasteiger partial charge on any atom is -0.464 e. The second-order valence-corrected chi connectivity index (χ2v) is 7.07. The largest absolute Gasteiger partial charge is 0.464 e. The molecule has 0 aromatic heterocycles. The number of nitrogens with one attached hydrogen (secondary N) is 1. The zero-order chi connectivity index (χ0) is 19.1. The van der Waals surface area contributed by atoms with E-state index in [4.69, 9.17) is 14.2 Å². The van der Waals surface area contributed by atoms with Crippen LogP contribution in [0.25, 0.3) is 0 Å². The van der Waals surface area contributed by atoms with Crippen molar-refractivity contribution in [3.05, 3.63) is 23.8 Å². The minimum absolute atomic E-state index is 0.0630. The second kappa shape index (κ2) is 9.47. The van der Waals surface area contributed by atoms with E-state index < -0.39 is 17.9 Å². The Hall–Kier alpha value is -2.22. The van der Waals surface area contributed by atoms with Crippen LogP contribution in [0.15, 0.2) is 18.2 Å². The van der Waals surface area contributed by atoms with Crippen LogP contribution < -0.4 is 14.8 Å². The Morgan fingerprint density at radius 2 is 2.00 bits per heavy atom. The SMILES string of the molecule is CCOC(=O)[C@H](C)NC(=O)[C@@H](CSC(C)=O)Cc1ccc2c(c1)OCO2. The molecule has 142 valence electrons. The number of fused-ring (bicyclic) bond motifs is 1. The Balaban J connectivity index is 2.05. The number of carbonyl (C=O) groups excluding carboxylic acids is 3. The zero-order valence-corrected chi connectivity index (χ0v) is 15.9. The van der Waals surface area contributed by atoms with Gasteiger partial charge in [-0.25, -0.2) is 4.79 Å². The molecule has 0 aliphatic carbocycles. The standard InChI is InChI=1S/C18H23NO6S/c1-4-23-18(22)11(2)19-17(21)14(9-26-12(3)20)7-13-5-6-15-16(8-13)25-10-24-15/h5-6,8,11,14H,4,7,9-10H2,1-3H3,(H,19,21)/t11-,14+/m0/s1. The lowest BCUT2D eigenvalue weighted by atomic mass is 9.99. The third-order valence-electron chi connectivity index (χ3n) is 3.78. The first-order valence-corrected chi connectivity index (χ1v) is 9.38. The van der Waals surface area contributed by atoms with Crippen molar-refractivity contribution in [2.45, 2.75) is 33.2 Å². The summed E-state index contributed by atoms with van der Waals surface area (Å²) in [5, 5.41) is 2.60. The fourth-order valence-corrected chi connectivity index (χ4v) is 3.16. The topological polar surface area (TPSA) is 90.9 Å². The Bertz CT molecular complexity index is 678. The van der Waals surface area contributed by atoms with Crippen LogP contribution in [0.4, 0.5) is 0 Å². The van der Waals surface area contributed by atoms with Gasteiger partial charge in [-0.05, 0) is 38.0 Å². The molecule has 2 rings (SSSR count). The second-order valence-electron chi connectivity index (χ2n) is 5.87. The van der Waals surface area contributed by atoms with Gasteiger partial charge in [0.15, 0.2) is 16.6 Å². The van der Waals surface area contributed by atoms with Gasteiger partial charge in [0.2, 0.25) is 12.7 Å². The van der Waals surface area contributed by atoms with E-state index in [-0.39, 0.29) is 24.4 Å². The number of hydrogen-bond donors (Lipinski definition) is 1. The van der Waals surface area contributed by atoms with Crippen LogP contribution in [0, 0.1) is 5.92 Å². The van der Waals surface area contributed by atoms with Crippen LogP contribution in [0.3, 0.4) is 0 Å². The number of rotatable bonds is 8. The highest BCUT2D eigenvalue weighted by atomic mass is 32.2. The molecule has 7 nitrogen and oxygen atoms in total. The van der Waals surface area contributed by atoms with E-state index in [2.05, 4.69) is 5.32 Å². The first-order chi connectivity index (χ1) is 12.4. The molecule has 1 heterocycles. The van der Waals surface area contributed by atoms with Crippen molar-refractivity contribution in [3.8, 4) is 11.5 Å². The van der Waals surface area contributed by atoms with Gasteiger partial charge in [-0.1, -0.05) is 17.8 Å². The van der Waals surface area contributed by atoms with Crippen molar-refractivity contribution in [1.82, 2.24) is 5.32 Å². The average Bonchev–Trinajstić information content (AvgIpc) is 3.06. The highest BCUT2D eigenvalue weighted by Crippen LogP contribution is 2.33. The molecule has 1 aromatic carbocycles. The fraction of sp³-hybridized carbons (Fsp3) is 0.500. The van der Waals surface area contributed by atoms with Gasteiger partial charge in [0.05, 0.1) is 12.5 Å². The van der Waals surface area contributed by atoms with E-state index in [1.807, 2.05) is 12.1 Å². The molecule has 1 N–H and O–H groups in total. The van der Waals surface area contributed by atoms with Crippen LogP contribution in [0.1, 0.15) is 26.3 Å². The molecule has 2 atom stereocenters. The number of benzene rings is 1. The van der Waals surface area contributed by atoms with E-state index in [0.29, 0.717) is 23.7 Å². The van der Waals surface area contributed by atoms with Crippen LogP contribution in [0.5, 0.6) is 11.5 Å². The molecule has 0 radical (unpaired) electrons. The lowest BCUT2D eigenvalue weighted by Gasteiger charge is -2.19. The maximum absolute atomic E-state index is 12.6. The van der Waals surface area contributed by atoms with Crippen molar-refractivity contribution < 1.29 is 28.6 Å². The summed E-state index contributed by atoms with van der Waals surface area (Å²) in [6.45, 7) is 5.17. The van der Waals surface area contributed by atoms with Crippen molar-refractivity contribution in [2.24, 2.45) is 5.92 Å². The highest BCUT2D eigenvalue weighted by Gasteiger charge is 2.25. The smallest absolute Gasteiger partial charge is 0.328 e. The van der Waals surface area contributed by atoms with E-state index in [9.17, 15) is 14.4 Å². The normalized spacial score (nSPS) is 14.4. The summed E-state index contributed by atoms with van der Waals surface area (Å²) in [5.74, 6) is 0.384. The molecule has 0 saturated heterocycles. The maximum Gasteiger partial charge on any atom is 0.328 e. The third kappa shape index (κ3) is 5.66. The van der Waals surface area contributed by atoms with Gasteiger partial charge in [-0.15, -0.1) is 0 Å². The quantitative estimate of drug-likeness (QED) is 0.688. The third-order valence-corrected chi connectivity index (χ3v) is 4.75. The van der Waals surface area contributed by atoms with Crippen molar-refractivity contribution in [3.63, 3.8) is 0 Å². The number of thioether (sulfide) groups is 1. The number of ether oxygens (including phenoxy) is 3. The van der Waals surface area contributed by atoms with Crippen molar-refractivity contribution in [1.29, 1.82) is 0 Å². The molecule has 8 heteroatoms. The molecule has 0 bridgehead atoms. The summed E-state index contributed by atoms with van der Waals surface area (Å²) < 4.78 is 15.6. The van der Waals surface area contributed by atoms with E-state index >= 15 is 0 Å². The minimum atomic E-state index is -0.746. The molecule has 26 heavy (non-hydrogen) atoms. The molecule has 1 aromatic rings. The summed E-state index contributed by atoms with van der Waals surface area (Å²) in [5.41, 5.74) is 0.891. The number of amides is 1. The molecule has 0 saturated carbocycles. The van der Waals surface area contributed by atoms with Crippen molar-refractivity contribution >= 4 is 28.8 Å².